The zero-order valence-electron chi connectivity index (χ0n) is 14.7. The maximum Gasteiger partial charge on any atom is 0.387 e. The number of aromatic nitrogens is 1. The molecule has 9 heteroatoms. The van der Waals surface area contributed by atoms with E-state index in [2.05, 4.69) is 19.9 Å². The van der Waals surface area contributed by atoms with Gasteiger partial charge in [0.1, 0.15) is 5.82 Å². The van der Waals surface area contributed by atoms with Crippen molar-refractivity contribution in [1.29, 1.82) is 0 Å². The van der Waals surface area contributed by atoms with Gasteiger partial charge < -0.3 is 24.4 Å². The first kappa shape index (κ1) is 18.8. The molecule has 1 aromatic heterocycles. The summed E-state index contributed by atoms with van der Waals surface area (Å²) in [6.45, 7) is -0.238. The van der Waals surface area contributed by atoms with Crippen LogP contribution in [0.1, 0.15) is 10.4 Å². The number of benzene rings is 1. The summed E-state index contributed by atoms with van der Waals surface area (Å²) < 4.78 is 40.2. The van der Waals surface area contributed by atoms with Gasteiger partial charge in [0.15, 0.2) is 11.5 Å². The number of hydrogen-bond acceptors (Lipinski definition) is 6. The third-order valence-electron chi connectivity index (χ3n) is 4.02. The minimum absolute atomic E-state index is 0.0403. The number of amides is 1. The van der Waals surface area contributed by atoms with Crippen LogP contribution in [0.2, 0.25) is 0 Å². The number of carbonyl (C=O) groups excluding carboxylic acids is 1. The molecule has 0 saturated carbocycles. The van der Waals surface area contributed by atoms with Gasteiger partial charge in [-0.2, -0.15) is 8.78 Å². The van der Waals surface area contributed by atoms with Gasteiger partial charge in [0, 0.05) is 13.1 Å². The summed E-state index contributed by atoms with van der Waals surface area (Å²) in [5.41, 5.74) is 0.841. The predicted molar refractivity (Wildman–Crippen MR) is 94.8 cm³/mol. The Bertz CT molecular complexity index is 781. The van der Waals surface area contributed by atoms with Crippen molar-refractivity contribution >= 4 is 17.4 Å². The molecule has 144 valence electrons. The Morgan fingerprint density at radius 3 is 2.67 bits per heavy atom. The monoisotopic (exact) mass is 379 g/mol. The largest absolute Gasteiger partial charge is 0.493 e. The van der Waals surface area contributed by atoms with Gasteiger partial charge in [-0.15, -0.1) is 0 Å². The average Bonchev–Trinajstić information content (AvgIpc) is 2.69. The van der Waals surface area contributed by atoms with Gasteiger partial charge in [-0.1, -0.05) is 6.07 Å². The Morgan fingerprint density at radius 1 is 1.26 bits per heavy atom. The van der Waals surface area contributed by atoms with Crippen molar-refractivity contribution in [3.05, 3.63) is 42.1 Å². The number of methoxy groups -OCH3 is 1. The molecule has 2 aromatic rings. The molecule has 0 spiro atoms. The predicted octanol–water partition coefficient (Wildman–Crippen LogP) is 2.78. The van der Waals surface area contributed by atoms with Crippen molar-refractivity contribution in [3.63, 3.8) is 0 Å². The molecule has 3 rings (SSSR count). The van der Waals surface area contributed by atoms with Crippen molar-refractivity contribution in [2.75, 3.05) is 43.6 Å². The highest BCUT2D eigenvalue weighted by Gasteiger charge is 2.21. The fourth-order valence-corrected chi connectivity index (χ4v) is 2.72. The second-order valence-electron chi connectivity index (χ2n) is 5.67. The topological polar surface area (TPSA) is 72.9 Å². The maximum atomic E-state index is 12.7. The van der Waals surface area contributed by atoms with E-state index in [4.69, 9.17) is 9.47 Å². The molecule has 27 heavy (non-hydrogen) atoms. The van der Waals surface area contributed by atoms with Crippen LogP contribution in [-0.2, 0) is 4.74 Å². The first-order valence-electron chi connectivity index (χ1n) is 8.30. The molecular weight excluding hydrogens is 360 g/mol. The molecule has 0 unspecified atom stereocenters. The maximum absolute atomic E-state index is 12.7. The van der Waals surface area contributed by atoms with Crippen LogP contribution in [0.25, 0.3) is 0 Å². The third-order valence-corrected chi connectivity index (χ3v) is 4.02. The molecule has 1 amide bonds. The Kier molecular flexibility index (Phi) is 6.02. The number of hydrogen-bond donors (Lipinski definition) is 1. The third kappa shape index (κ3) is 4.62. The number of halogens is 2. The number of ether oxygens (including phenoxy) is 3. The van der Waals surface area contributed by atoms with Crippen LogP contribution in [-0.4, -0.2) is 50.9 Å². The summed E-state index contributed by atoms with van der Waals surface area (Å²) in [7, 11) is 1.31. The van der Waals surface area contributed by atoms with E-state index in [0.717, 1.165) is 18.8 Å². The van der Waals surface area contributed by atoms with Gasteiger partial charge in [0.25, 0.3) is 5.91 Å². The molecule has 1 saturated heterocycles. The lowest BCUT2D eigenvalue weighted by molar-refractivity contribution is -0.0515. The smallest absolute Gasteiger partial charge is 0.387 e. The van der Waals surface area contributed by atoms with Crippen LogP contribution < -0.4 is 19.7 Å². The minimum Gasteiger partial charge on any atom is -0.493 e. The minimum atomic E-state index is -3.08. The molecule has 1 aliphatic rings. The number of nitrogens with one attached hydrogen (secondary N) is 1. The molecule has 0 aliphatic carbocycles. The Morgan fingerprint density at radius 2 is 2.04 bits per heavy atom. The zero-order chi connectivity index (χ0) is 19.2. The Hall–Kier alpha value is -2.94. The van der Waals surface area contributed by atoms with Crippen LogP contribution in [0, 0.1) is 0 Å². The molecule has 7 nitrogen and oxygen atoms in total. The molecule has 2 heterocycles. The number of anilines is 2. The second kappa shape index (κ2) is 8.63. The number of carbonyl (C=O) groups is 1. The molecule has 0 atom stereocenters. The number of rotatable bonds is 6. The van der Waals surface area contributed by atoms with E-state index in [0.29, 0.717) is 19.0 Å². The first-order valence-corrected chi connectivity index (χ1v) is 8.30. The SMILES string of the molecule is COc1cccc(C(=O)Nc2ccc(N3CCOCC3)cn2)c1OC(F)F. The summed E-state index contributed by atoms with van der Waals surface area (Å²) in [5, 5.41) is 2.58. The summed E-state index contributed by atoms with van der Waals surface area (Å²) >= 11 is 0. The van der Waals surface area contributed by atoms with Gasteiger partial charge in [-0.3, -0.25) is 4.79 Å². The fourth-order valence-electron chi connectivity index (χ4n) is 2.72. The van der Waals surface area contributed by atoms with Crippen LogP contribution in [0.15, 0.2) is 36.5 Å². The van der Waals surface area contributed by atoms with Crippen molar-refractivity contribution in [2.45, 2.75) is 6.61 Å². The lowest BCUT2D eigenvalue weighted by Gasteiger charge is -2.28. The second-order valence-corrected chi connectivity index (χ2v) is 5.67. The Balaban J connectivity index is 1.75. The van der Waals surface area contributed by atoms with Crippen LogP contribution in [0.5, 0.6) is 11.5 Å². The summed E-state index contributed by atoms with van der Waals surface area (Å²) in [5.74, 6) is -0.616. The van der Waals surface area contributed by atoms with E-state index in [1.165, 1.54) is 25.3 Å². The van der Waals surface area contributed by atoms with Gasteiger partial charge in [-0.05, 0) is 24.3 Å². The van der Waals surface area contributed by atoms with Crippen molar-refractivity contribution in [1.82, 2.24) is 4.98 Å². The van der Waals surface area contributed by atoms with Crippen molar-refractivity contribution in [3.8, 4) is 11.5 Å². The van der Waals surface area contributed by atoms with E-state index in [1.54, 1.807) is 12.3 Å². The summed E-state index contributed by atoms with van der Waals surface area (Å²) in [4.78, 5) is 18.9. The first-order chi connectivity index (χ1) is 13.1. The lowest BCUT2D eigenvalue weighted by Crippen LogP contribution is -2.36. The van der Waals surface area contributed by atoms with Gasteiger partial charge >= 0.3 is 6.61 Å². The van der Waals surface area contributed by atoms with E-state index < -0.39 is 12.5 Å². The van der Waals surface area contributed by atoms with Gasteiger partial charge in [0.2, 0.25) is 0 Å². The quantitative estimate of drug-likeness (QED) is 0.832. The van der Waals surface area contributed by atoms with Crippen molar-refractivity contribution in [2.24, 2.45) is 0 Å². The van der Waals surface area contributed by atoms with Gasteiger partial charge in [0.05, 0.1) is 37.8 Å². The molecule has 1 aliphatic heterocycles. The standard InChI is InChI=1S/C18H19F2N3O4/c1-25-14-4-2-3-13(16(14)27-18(19)20)17(24)22-15-6-5-12(11-21-15)23-7-9-26-10-8-23/h2-6,11,18H,7-10H2,1H3,(H,21,22,24). The molecule has 0 bridgehead atoms. The Labute approximate surface area is 154 Å². The van der Waals surface area contributed by atoms with Crippen molar-refractivity contribution < 1.29 is 27.8 Å². The van der Waals surface area contributed by atoms with E-state index in [9.17, 15) is 13.6 Å². The van der Waals surface area contributed by atoms with E-state index in [1.807, 2.05) is 6.07 Å². The molecule has 1 N–H and O–H groups in total. The van der Waals surface area contributed by atoms with Crippen LogP contribution >= 0.6 is 0 Å². The van der Waals surface area contributed by atoms with E-state index >= 15 is 0 Å². The molecule has 0 radical (unpaired) electrons. The number of morpholine rings is 1. The molecular formula is C18H19F2N3O4. The lowest BCUT2D eigenvalue weighted by atomic mass is 10.1. The average molecular weight is 379 g/mol. The summed E-state index contributed by atoms with van der Waals surface area (Å²) in [6.07, 6.45) is 1.64. The highest BCUT2D eigenvalue weighted by atomic mass is 19.3. The molecule has 1 aromatic carbocycles. The highest BCUT2D eigenvalue weighted by molar-refractivity contribution is 6.06. The van der Waals surface area contributed by atoms with E-state index in [-0.39, 0.29) is 17.1 Å². The van der Waals surface area contributed by atoms with Gasteiger partial charge in [-0.25, -0.2) is 4.98 Å². The van der Waals surface area contributed by atoms with Crippen LogP contribution in [0.3, 0.4) is 0 Å². The normalized spacial score (nSPS) is 14.1. The zero-order valence-corrected chi connectivity index (χ0v) is 14.7. The summed E-state index contributed by atoms with van der Waals surface area (Å²) in [6, 6.07) is 7.80. The number of para-hydroxylation sites is 1. The number of pyridine rings is 1. The number of nitrogens with zero attached hydrogens (tertiary/aromatic N) is 2. The number of alkyl halides is 2. The fraction of sp³-hybridized carbons (Fsp3) is 0.333. The highest BCUT2D eigenvalue weighted by Crippen LogP contribution is 2.33. The molecule has 1 fully saturated rings. The van der Waals surface area contributed by atoms with Crippen LogP contribution in [0.4, 0.5) is 20.3 Å².